The number of rotatable bonds is 7. The second kappa shape index (κ2) is 9.15. The van der Waals surface area contributed by atoms with Crippen molar-refractivity contribution in [1.82, 2.24) is 4.98 Å². The topological polar surface area (TPSA) is 93.6 Å². The molecule has 37 heavy (non-hydrogen) atoms. The molecule has 1 aromatic carbocycles. The first kappa shape index (κ1) is 27.2. The Labute approximate surface area is 216 Å². The second-order valence-corrected chi connectivity index (χ2v) is 13.8. The molecular formula is C27H32F2N2O5S. The van der Waals surface area contributed by atoms with Crippen molar-refractivity contribution in [1.29, 1.82) is 0 Å². The Balaban J connectivity index is 1.63. The fraction of sp³-hybridized carbons (Fsp3) is 0.519. The van der Waals surface area contributed by atoms with Gasteiger partial charge in [0.25, 0.3) is 0 Å². The number of ether oxygens (including phenoxy) is 1. The number of hydrogen-bond donors (Lipinski definition) is 0. The van der Waals surface area contributed by atoms with Gasteiger partial charge in [-0.15, -0.1) is 0 Å². The first-order chi connectivity index (χ1) is 17.0. The Bertz CT molecular complexity index is 1350. The molecule has 4 rings (SSSR count). The Morgan fingerprint density at radius 3 is 2.43 bits per heavy atom. The molecular weight excluding hydrogens is 502 g/mol. The molecule has 200 valence electrons. The van der Waals surface area contributed by atoms with Gasteiger partial charge < -0.3 is 4.74 Å². The summed E-state index contributed by atoms with van der Waals surface area (Å²) in [5.74, 6) is -1.13. The standard InChI is InChI=1S/C27H32F2N2O5S/c1-25(2,29)16-36-22-13-23(30-15-19(22)28)31-20-7-6-17(12-18(20)26(3,4)24(31)33)21(32)14-27(5)8-10-37(34,35)11-9-27/h6-7,12-13,15H,8-11,14,16H2,1-5H3. The van der Waals surface area contributed by atoms with E-state index in [1.807, 2.05) is 6.92 Å². The van der Waals surface area contributed by atoms with Crippen LogP contribution in [0.15, 0.2) is 30.5 Å². The summed E-state index contributed by atoms with van der Waals surface area (Å²) in [6.45, 7) is 7.66. The fourth-order valence-electron chi connectivity index (χ4n) is 4.73. The minimum Gasteiger partial charge on any atom is -0.487 e. The quantitative estimate of drug-likeness (QED) is 0.460. The number of alkyl halides is 1. The number of aromatic nitrogens is 1. The highest BCUT2D eigenvalue weighted by Gasteiger charge is 2.46. The normalized spacial score (nSPS) is 20.0. The molecule has 2 aliphatic heterocycles. The molecule has 1 amide bonds. The summed E-state index contributed by atoms with van der Waals surface area (Å²) in [5, 5.41) is 0. The van der Waals surface area contributed by atoms with Crippen molar-refractivity contribution in [2.45, 2.75) is 65.0 Å². The largest absolute Gasteiger partial charge is 0.487 e. The van der Waals surface area contributed by atoms with Gasteiger partial charge in [0.2, 0.25) is 5.91 Å². The van der Waals surface area contributed by atoms with Crippen LogP contribution in [-0.4, -0.2) is 48.9 Å². The summed E-state index contributed by atoms with van der Waals surface area (Å²) in [4.78, 5) is 32.1. The average Bonchev–Trinajstić information content (AvgIpc) is 3.00. The third kappa shape index (κ3) is 5.54. The van der Waals surface area contributed by atoms with Gasteiger partial charge in [0, 0.05) is 18.1 Å². The number of ketones is 1. The minimum absolute atomic E-state index is 0.0800. The van der Waals surface area contributed by atoms with Crippen LogP contribution in [0.3, 0.4) is 0 Å². The van der Waals surface area contributed by atoms with Gasteiger partial charge in [-0.3, -0.25) is 14.5 Å². The number of carbonyl (C=O) groups is 2. The Morgan fingerprint density at radius 2 is 1.81 bits per heavy atom. The van der Waals surface area contributed by atoms with Gasteiger partial charge in [-0.2, -0.15) is 0 Å². The van der Waals surface area contributed by atoms with E-state index in [1.165, 1.54) is 24.8 Å². The summed E-state index contributed by atoms with van der Waals surface area (Å²) >= 11 is 0. The van der Waals surface area contributed by atoms with Gasteiger partial charge in [0.1, 0.15) is 27.9 Å². The molecule has 2 aliphatic rings. The highest BCUT2D eigenvalue weighted by atomic mass is 32.2. The maximum Gasteiger partial charge on any atom is 0.242 e. The SMILES string of the molecule is CC(C)(F)COc1cc(N2C(=O)C(C)(C)c3cc(C(=O)CC4(C)CCS(=O)(=O)CC4)ccc32)ncc1F. The number of fused-ring (bicyclic) bond motifs is 1. The Morgan fingerprint density at radius 1 is 1.16 bits per heavy atom. The molecule has 0 N–H and O–H groups in total. The lowest BCUT2D eigenvalue weighted by atomic mass is 9.78. The molecule has 0 unspecified atom stereocenters. The van der Waals surface area contributed by atoms with Crippen molar-refractivity contribution in [2.24, 2.45) is 5.41 Å². The van der Waals surface area contributed by atoms with Crippen molar-refractivity contribution < 1.29 is 31.5 Å². The highest BCUT2D eigenvalue weighted by Crippen LogP contribution is 2.46. The smallest absolute Gasteiger partial charge is 0.242 e. The van der Waals surface area contributed by atoms with Crippen LogP contribution in [0.2, 0.25) is 0 Å². The van der Waals surface area contributed by atoms with Gasteiger partial charge in [-0.25, -0.2) is 22.2 Å². The monoisotopic (exact) mass is 534 g/mol. The highest BCUT2D eigenvalue weighted by molar-refractivity contribution is 7.91. The minimum atomic E-state index is -3.04. The number of benzene rings is 1. The predicted octanol–water partition coefficient (Wildman–Crippen LogP) is 5.09. The van der Waals surface area contributed by atoms with E-state index in [2.05, 4.69) is 4.98 Å². The van der Waals surface area contributed by atoms with Crippen LogP contribution in [-0.2, 0) is 20.0 Å². The number of halogens is 2. The lowest BCUT2D eigenvalue weighted by Gasteiger charge is -2.32. The van der Waals surface area contributed by atoms with E-state index in [0.717, 1.165) is 6.20 Å². The number of sulfone groups is 1. The third-order valence-electron chi connectivity index (χ3n) is 7.20. The van der Waals surface area contributed by atoms with E-state index >= 15 is 0 Å². The number of pyridine rings is 1. The van der Waals surface area contributed by atoms with Crippen molar-refractivity contribution in [2.75, 3.05) is 23.0 Å². The summed E-state index contributed by atoms with van der Waals surface area (Å²) in [6, 6.07) is 6.27. The average molecular weight is 535 g/mol. The van der Waals surface area contributed by atoms with E-state index in [-0.39, 0.29) is 47.8 Å². The van der Waals surface area contributed by atoms with Crippen LogP contribution in [0.4, 0.5) is 20.3 Å². The van der Waals surface area contributed by atoms with Crippen LogP contribution in [0.5, 0.6) is 5.75 Å². The number of Topliss-reactive ketones (excluding diaryl/α,β-unsaturated/α-hetero) is 1. The van der Waals surface area contributed by atoms with Gasteiger partial charge in [-0.05, 0) is 69.7 Å². The van der Waals surface area contributed by atoms with Crippen LogP contribution in [0.25, 0.3) is 0 Å². The molecule has 0 bridgehead atoms. The van der Waals surface area contributed by atoms with E-state index in [1.54, 1.807) is 32.0 Å². The summed E-state index contributed by atoms with van der Waals surface area (Å²) in [6.07, 6.45) is 2.01. The second-order valence-electron chi connectivity index (χ2n) is 11.5. The fourth-order valence-corrected chi connectivity index (χ4v) is 6.54. The van der Waals surface area contributed by atoms with Crippen LogP contribution >= 0.6 is 0 Å². The predicted molar refractivity (Wildman–Crippen MR) is 136 cm³/mol. The number of anilines is 2. The Kier molecular flexibility index (Phi) is 6.72. The first-order valence-electron chi connectivity index (χ1n) is 12.2. The molecule has 10 heteroatoms. The van der Waals surface area contributed by atoms with E-state index in [0.29, 0.717) is 29.7 Å². The number of hydrogen-bond acceptors (Lipinski definition) is 6. The van der Waals surface area contributed by atoms with Crippen LogP contribution in [0.1, 0.15) is 69.8 Å². The molecule has 0 aliphatic carbocycles. The van der Waals surface area contributed by atoms with Crippen LogP contribution < -0.4 is 9.64 Å². The molecule has 7 nitrogen and oxygen atoms in total. The zero-order valence-corrected chi connectivity index (χ0v) is 22.5. The van der Waals surface area contributed by atoms with Crippen molar-refractivity contribution in [3.63, 3.8) is 0 Å². The number of nitrogens with zero attached hydrogens (tertiary/aromatic N) is 2. The summed E-state index contributed by atoms with van der Waals surface area (Å²) in [5.41, 5.74) is -1.50. The molecule has 0 atom stereocenters. The molecule has 1 aromatic heterocycles. The molecule has 1 fully saturated rings. The number of amides is 1. The molecule has 1 saturated heterocycles. The van der Waals surface area contributed by atoms with Gasteiger partial charge >= 0.3 is 0 Å². The molecule has 2 aromatic rings. The molecule has 0 spiro atoms. The molecule has 3 heterocycles. The molecule has 0 radical (unpaired) electrons. The maximum atomic E-state index is 14.3. The van der Waals surface area contributed by atoms with E-state index < -0.39 is 32.2 Å². The van der Waals surface area contributed by atoms with Crippen molar-refractivity contribution >= 4 is 33.0 Å². The van der Waals surface area contributed by atoms with E-state index in [4.69, 9.17) is 4.74 Å². The lowest BCUT2D eigenvalue weighted by Crippen LogP contribution is -2.33. The zero-order chi connectivity index (χ0) is 27.4. The van der Waals surface area contributed by atoms with Crippen molar-refractivity contribution in [3.8, 4) is 5.75 Å². The summed E-state index contributed by atoms with van der Waals surface area (Å²) < 4.78 is 57.1. The van der Waals surface area contributed by atoms with Gasteiger partial charge in [0.15, 0.2) is 17.3 Å². The molecule has 0 saturated carbocycles. The van der Waals surface area contributed by atoms with Crippen LogP contribution in [0, 0.1) is 11.2 Å². The van der Waals surface area contributed by atoms with Gasteiger partial charge in [-0.1, -0.05) is 6.92 Å². The maximum absolute atomic E-state index is 14.3. The third-order valence-corrected chi connectivity index (χ3v) is 8.85. The lowest BCUT2D eigenvalue weighted by molar-refractivity contribution is -0.121. The van der Waals surface area contributed by atoms with Gasteiger partial charge in [0.05, 0.1) is 28.8 Å². The zero-order valence-electron chi connectivity index (χ0n) is 21.7. The summed E-state index contributed by atoms with van der Waals surface area (Å²) in [7, 11) is -3.04. The Hall–Kier alpha value is -2.88. The first-order valence-corrected chi connectivity index (χ1v) is 14.0. The van der Waals surface area contributed by atoms with Crippen molar-refractivity contribution in [3.05, 3.63) is 47.4 Å². The number of carbonyl (C=O) groups excluding carboxylic acids is 2. The van der Waals surface area contributed by atoms with E-state index in [9.17, 15) is 26.8 Å².